The minimum Gasteiger partial charge on any atom is -0.497 e. The summed E-state index contributed by atoms with van der Waals surface area (Å²) >= 11 is 3.52. The maximum Gasteiger partial charge on any atom is 0.279 e. The van der Waals surface area contributed by atoms with Crippen molar-refractivity contribution in [2.75, 3.05) is 7.11 Å². The minimum atomic E-state index is -0.211. The van der Waals surface area contributed by atoms with Gasteiger partial charge in [0, 0.05) is 10.7 Å². The fraction of sp³-hybridized carbons (Fsp3) is 0.0455. The number of aromatic nitrogens is 3. The first-order valence-corrected chi connectivity index (χ1v) is 9.42. The van der Waals surface area contributed by atoms with E-state index in [1.54, 1.807) is 19.4 Å². The maximum absolute atomic E-state index is 13.3. The number of nitrogens with zero attached hydrogens (tertiary/aromatic N) is 3. The highest BCUT2D eigenvalue weighted by Crippen LogP contribution is 2.25. The number of hydrogen-bond acceptors (Lipinski definition) is 4. The van der Waals surface area contributed by atoms with Crippen LogP contribution < -0.4 is 10.3 Å². The van der Waals surface area contributed by atoms with Gasteiger partial charge in [0.2, 0.25) is 0 Å². The van der Waals surface area contributed by atoms with E-state index >= 15 is 0 Å². The highest BCUT2D eigenvalue weighted by molar-refractivity contribution is 9.10. The van der Waals surface area contributed by atoms with Crippen LogP contribution in [-0.2, 0) is 0 Å². The molecule has 6 heteroatoms. The molecule has 0 saturated heterocycles. The molecule has 2 aromatic heterocycles. The molecule has 0 N–H and O–H groups in total. The zero-order chi connectivity index (χ0) is 19.5. The van der Waals surface area contributed by atoms with Gasteiger partial charge in [-0.3, -0.25) is 9.78 Å². The third kappa shape index (κ3) is 3.46. The predicted molar refractivity (Wildman–Crippen MR) is 113 cm³/mol. The molecule has 0 amide bonds. The first-order chi connectivity index (χ1) is 13.7. The van der Waals surface area contributed by atoms with Gasteiger partial charge in [-0.2, -0.15) is 9.78 Å². The topological polar surface area (TPSA) is 57.0 Å². The molecule has 0 fully saturated rings. The van der Waals surface area contributed by atoms with Crippen LogP contribution in [0, 0.1) is 0 Å². The molecule has 0 aliphatic rings. The van der Waals surface area contributed by atoms with Crippen molar-refractivity contribution in [3.63, 3.8) is 0 Å². The summed E-state index contributed by atoms with van der Waals surface area (Å²) < 4.78 is 7.42. The lowest BCUT2D eigenvalue weighted by atomic mass is 10.1. The minimum absolute atomic E-state index is 0.211. The Balaban J connectivity index is 1.98. The molecule has 0 atom stereocenters. The quantitative estimate of drug-likeness (QED) is 0.466. The van der Waals surface area contributed by atoms with E-state index in [4.69, 9.17) is 4.74 Å². The first kappa shape index (κ1) is 18.1. The number of hydrogen-bond donors (Lipinski definition) is 0. The van der Waals surface area contributed by atoms with Crippen molar-refractivity contribution in [3.05, 3.63) is 93.8 Å². The number of methoxy groups -OCH3 is 1. The number of pyridine rings is 1. The Labute approximate surface area is 170 Å². The number of benzene rings is 2. The summed E-state index contributed by atoms with van der Waals surface area (Å²) in [4.78, 5) is 17.7. The lowest BCUT2D eigenvalue weighted by Gasteiger charge is -2.12. The molecular formula is C22H16BrN3O2. The molecule has 2 heterocycles. The van der Waals surface area contributed by atoms with E-state index in [2.05, 4.69) is 26.0 Å². The van der Waals surface area contributed by atoms with Crippen LogP contribution in [0.2, 0.25) is 0 Å². The summed E-state index contributed by atoms with van der Waals surface area (Å²) in [5.41, 5.74) is 3.08. The van der Waals surface area contributed by atoms with E-state index in [0.29, 0.717) is 22.6 Å². The Bertz CT molecular complexity index is 1170. The standard InChI is InChI=1S/C22H16BrN3O2/c1-28-16-11-9-15(10-12-16)17-14-20(19-7-4-5-13-24-19)25-26(22(17)27)21-8-3-2-6-18(21)23/h2-14H,1H3. The van der Waals surface area contributed by atoms with Crippen molar-refractivity contribution in [3.8, 4) is 34.0 Å². The summed E-state index contributed by atoms with van der Waals surface area (Å²) in [5, 5.41) is 4.58. The van der Waals surface area contributed by atoms with Gasteiger partial charge in [-0.25, -0.2) is 0 Å². The smallest absolute Gasteiger partial charge is 0.279 e. The molecule has 138 valence electrons. The Morgan fingerprint density at radius 2 is 1.68 bits per heavy atom. The average Bonchev–Trinajstić information content (AvgIpc) is 2.75. The van der Waals surface area contributed by atoms with Crippen LogP contribution in [0.25, 0.3) is 28.2 Å². The summed E-state index contributed by atoms with van der Waals surface area (Å²) in [5.74, 6) is 0.730. The van der Waals surface area contributed by atoms with E-state index in [1.807, 2.05) is 66.7 Å². The third-order valence-corrected chi connectivity index (χ3v) is 4.99. The van der Waals surface area contributed by atoms with E-state index < -0.39 is 0 Å². The summed E-state index contributed by atoms with van der Waals surface area (Å²) in [7, 11) is 1.61. The van der Waals surface area contributed by atoms with E-state index in [9.17, 15) is 4.79 Å². The Kier molecular flexibility index (Phi) is 5.04. The zero-order valence-electron chi connectivity index (χ0n) is 15.0. The van der Waals surface area contributed by atoms with Crippen molar-refractivity contribution < 1.29 is 4.74 Å². The fourth-order valence-corrected chi connectivity index (χ4v) is 3.35. The van der Waals surface area contributed by atoms with Gasteiger partial charge < -0.3 is 4.74 Å². The molecule has 0 saturated carbocycles. The van der Waals surface area contributed by atoms with Gasteiger partial charge >= 0.3 is 0 Å². The van der Waals surface area contributed by atoms with E-state index in [0.717, 1.165) is 15.8 Å². The second-order valence-corrected chi connectivity index (χ2v) is 6.91. The number of halogens is 1. The van der Waals surface area contributed by atoms with Gasteiger partial charge in [-0.1, -0.05) is 30.3 Å². The van der Waals surface area contributed by atoms with Crippen LogP contribution in [0.1, 0.15) is 0 Å². The van der Waals surface area contributed by atoms with Crippen molar-refractivity contribution in [1.82, 2.24) is 14.8 Å². The molecule has 0 radical (unpaired) electrons. The van der Waals surface area contributed by atoms with Crippen LogP contribution in [-0.4, -0.2) is 21.9 Å². The molecule has 0 aliphatic heterocycles. The largest absolute Gasteiger partial charge is 0.497 e. The first-order valence-electron chi connectivity index (χ1n) is 8.62. The van der Waals surface area contributed by atoms with Gasteiger partial charge in [-0.05, 0) is 64.0 Å². The lowest BCUT2D eigenvalue weighted by molar-refractivity contribution is 0.415. The van der Waals surface area contributed by atoms with Crippen LogP contribution >= 0.6 is 15.9 Å². The Hall–Kier alpha value is -3.25. The molecule has 4 rings (SSSR count). The molecule has 2 aromatic carbocycles. The van der Waals surface area contributed by atoms with Crippen molar-refractivity contribution in [1.29, 1.82) is 0 Å². The van der Waals surface area contributed by atoms with Gasteiger partial charge in [0.25, 0.3) is 5.56 Å². The lowest BCUT2D eigenvalue weighted by Crippen LogP contribution is -2.23. The molecule has 4 aromatic rings. The second-order valence-electron chi connectivity index (χ2n) is 6.06. The SMILES string of the molecule is COc1ccc(-c2cc(-c3ccccn3)nn(-c3ccccc3Br)c2=O)cc1. The van der Waals surface area contributed by atoms with Crippen LogP contribution in [0.15, 0.2) is 88.3 Å². The maximum atomic E-state index is 13.3. The van der Waals surface area contributed by atoms with E-state index in [1.165, 1.54) is 4.68 Å². The number of ether oxygens (including phenoxy) is 1. The average molecular weight is 434 g/mol. The monoisotopic (exact) mass is 433 g/mol. The highest BCUT2D eigenvalue weighted by atomic mass is 79.9. The molecule has 5 nitrogen and oxygen atoms in total. The second kappa shape index (κ2) is 7.78. The fourth-order valence-electron chi connectivity index (χ4n) is 2.90. The molecule has 0 unspecified atom stereocenters. The van der Waals surface area contributed by atoms with Crippen molar-refractivity contribution in [2.24, 2.45) is 0 Å². The van der Waals surface area contributed by atoms with Crippen molar-refractivity contribution in [2.45, 2.75) is 0 Å². The summed E-state index contributed by atoms with van der Waals surface area (Å²) in [6.07, 6.45) is 1.71. The molecule has 0 aliphatic carbocycles. The number of para-hydroxylation sites is 1. The molecular weight excluding hydrogens is 418 g/mol. The summed E-state index contributed by atoms with van der Waals surface area (Å²) in [6, 6.07) is 22.3. The molecule has 28 heavy (non-hydrogen) atoms. The highest BCUT2D eigenvalue weighted by Gasteiger charge is 2.15. The van der Waals surface area contributed by atoms with E-state index in [-0.39, 0.29) is 5.56 Å². The van der Waals surface area contributed by atoms with Crippen LogP contribution in [0.4, 0.5) is 0 Å². The van der Waals surface area contributed by atoms with Gasteiger partial charge in [0.1, 0.15) is 11.4 Å². The van der Waals surface area contributed by atoms with Gasteiger partial charge in [-0.15, -0.1) is 0 Å². The summed E-state index contributed by atoms with van der Waals surface area (Å²) in [6.45, 7) is 0. The third-order valence-electron chi connectivity index (χ3n) is 4.32. The molecule has 0 spiro atoms. The Morgan fingerprint density at radius 1 is 0.929 bits per heavy atom. The normalized spacial score (nSPS) is 10.6. The number of rotatable bonds is 4. The van der Waals surface area contributed by atoms with Crippen LogP contribution in [0.5, 0.6) is 5.75 Å². The van der Waals surface area contributed by atoms with Gasteiger partial charge in [0.05, 0.1) is 24.1 Å². The molecule has 0 bridgehead atoms. The Morgan fingerprint density at radius 3 is 2.36 bits per heavy atom. The van der Waals surface area contributed by atoms with Crippen molar-refractivity contribution >= 4 is 15.9 Å². The van der Waals surface area contributed by atoms with Gasteiger partial charge in [0.15, 0.2) is 0 Å². The van der Waals surface area contributed by atoms with Crippen LogP contribution in [0.3, 0.4) is 0 Å². The predicted octanol–water partition coefficient (Wildman–Crippen LogP) is 4.73. The zero-order valence-corrected chi connectivity index (χ0v) is 16.6.